The number of anilines is 1. The monoisotopic (exact) mass is 524 g/mol. The van der Waals surface area contributed by atoms with Crippen LogP contribution >= 0.6 is 0 Å². The van der Waals surface area contributed by atoms with E-state index in [1.807, 2.05) is 6.92 Å². The molecule has 3 N–H and O–H groups in total. The van der Waals surface area contributed by atoms with Gasteiger partial charge in [0.25, 0.3) is 0 Å². The molecule has 0 saturated carbocycles. The Kier molecular flexibility index (Phi) is 6.23. The highest BCUT2D eigenvalue weighted by molar-refractivity contribution is 5.98. The van der Waals surface area contributed by atoms with Gasteiger partial charge in [-0.2, -0.15) is 5.10 Å². The molecule has 0 unspecified atom stereocenters. The summed E-state index contributed by atoms with van der Waals surface area (Å²) in [5, 5.41) is 10.1. The fourth-order valence-corrected chi connectivity index (χ4v) is 4.47. The van der Waals surface area contributed by atoms with E-state index in [9.17, 15) is 9.18 Å². The van der Waals surface area contributed by atoms with E-state index in [0.717, 1.165) is 12.8 Å². The van der Waals surface area contributed by atoms with Crippen LogP contribution in [0.25, 0.3) is 55.8 Å². The Morgan fingerprint density at radius 3 is 2.67 bits per heavy atom. The lowest BCUT2D eigenvalue weighted by Crippen LogP contribution is -2.11. The average Bonchev–Trinajstić information content (AvgIpc) is 3.57. The molecule has 1 aromatic carbocycles. The van der Waals surface area contributed by atoms with E-state index in [4.69, 9.17) is 0 Å². The Hall–Kier alpha value is -5.06. The minimum absolute atomic E-state index is 0.0483. The van der Waals surface area contributed by atoms with Crippen LogP contribution in [0.3, 0.4) is 0 Å². The second kappa shape index (κ2) is 10.0. The summed E-state index contributed by atoms with van der Waals surface area (Å²) in [5.41, 5.74) is 3.38. The normalized spacial score (nSPS) is 11.4. The number of benzene rings is 1. The molecular formula is C28H22F2N8O. The summed E-state index contributed by atoms with van der Waals surface area (Å²) in [6.45, 7) is 2.01. The maximum absolute atomic E-state index is 16.0. The molecule has 0 radical (unpaired) electrons. The first-order valence-corrected chi connectivity index (χ1v) is 12.4. The number of nitrogens with one attached hydrogen (secondary N) is 3. The van der Waals surface area contributed by atoms with Crippen molar-refractivity contribution in [3.05, 3.63) is 73.0 Å². The molecule has 0 aliphatic rings. The van der Waals surface area contributed by atoms with Gasteiger partial charge in [0.15, 0.2) is 11.6 Å². The summed E-state index contributed by atoms with van der Waals surface area (Å²) in [5.74, 6) is -0.875. The number of hydrogen-bond acceptors (Lipinski definition) is 6. The Balaban J connectivity index is 1.42. The topological polar surface area (TPSA) is 125 Å². The van der Waals surface area contributed by atoms with Crippen LogP contribution in [0.4, 0.5) is 14.5 Å². The molecular weight excluding hydrogens is 502 g/mol. The summed E-state index contributed by atoms with van der Waals surface area (Å²) in [6, 6.07) is 7.99. The second-order valence-electron chi connectivity index (χ2n) is 9.04. The number of halogens is 2. The highest BCUT2D eigenvalue weighted by Crippen LogP contribution is 2.35. The van der Waals surface area contributed by atoms with E-state index in [1.54, 1.807) is 30.5 Å². The highest BCUT2D eigenvalue weighted by Gasteiger charge is 2.22. The maximum Gasteiger partial charge on any atom is 0.224 e. The largest absolute Gasteiger partial charge is 0.335 e. The number of unbranched alkanes of at least 4 members (excludes halogenated alkanes) is 1. The zero-order chi connectivity index (χ0) is 26.9. The van der Waals surface area contributed by atoms with E-state index in [-0.39, 0.29) is 28.5 Å². The van der Waals surface area contributed by atoms with Crippen molar-refractivity contribution in [3.8, 4) is 33.9 Å². The van der Waals surface area contributed by atoms with Crippen LogP contribution in [0.15, 0.2) is 61.3 Å². The molecule has 6 rings (SSSR count). The third-order valence-corrected chi connectivity index (χ3v) is 6.38. The van der Waals surface area contributed by atoms with E-state index in [1.165, 1.54) is 30.9 Å². The Morgan fingerprint density at radius 1 is 0.974 bits per heavy atom. The predicted octanol–water partition coefficient (Wildman–Crippen LogP) is 6.03. The molecule has 194 valence electrons. The third kappa shape index (κ3) is 4.48. The summed E-state index contributed by atoms with van der Waals surface area (Å²) in [4.78, 5) is 32.6. The number of carbonyl (C=O) groups is 1. The number of amides is 1. The zero-order valence-electron chi connectivity index (χ0n) is 20.8. The van der Waals surface area contributed by atoms with Crippen LogP contribution in [-0.4, -0.2) is 41.0 Å². The lowest BCUT2D eigenvalue weighted by Gasteiger charge is -2.08. The lowest BCUT2D eigenvalue weighted by atomic mass is 10.1. The molecule has 0 atom stereocenters. The zero-order valence-corrected chi connectivity index (χ0v) is 20.8. The van der Waals surface area contributed by atoms with Gasteiger partial charge in [-0.25, -0.2) is 13.8 Å². The summed E-state index contributed by atoms with van der Waals surface area (Å²) in [6.07, 6.45) is 9.64. The Labute approximate surface area is 220 Å². The molecule has 5 aromatic heterocycles. The number of nitrogens with zero attached hydrogens (tertiary/aromatic N) is 5. The average molecular weight is 525 g/mol. The standard InChI is InChI=1S/C28H22F2N8O/c1-2-3-8-22(39)34-16-9-15(10-31-11-16)25-24(30)23-20(14-33-25)37-38-27(23)28-35-21-13-32-12-18(26(21)36-28)17-6-4-5-7-19(17)29/h4-7,9-14H,2-3,8H2,1H3,(H,34,39)(H,35,36)(H,37,38). The van der Waals surface area contributed by atoms with Crippen LogP contribution in [-0.2, 0) is 4.79 Å². The molecule has 39 heavy (non-hydrogen) atoms. The first kappa shape index (κ1) is 24.3. The fraction of sp³-hybridized carbons (Fsp3) is 0.143. The summed E-state index contributed by atoms with van der Waals surface area (Å²) >= 11 is 0. The first-order chi connectivity index (χ1) is 19.0. The third-order valence-electron chi connectivity index (χ3n) is 6.38. The van der Waals surface area contributed by atoms with Crippen molar-refractivity contribution < 1.29 is 13.6 Å². The fourth-order valence-electron chi connectivity index (χ4n) is 4.47. The molecule has 0 spiro atoms. The van der Waals surface area contributed by atoms with Gasteiger partial charge in [-0.1, -0.05) is 31.5 Å². The minimum atomic E-state index is -0.625. The molecule has 0 aliphatic carbocycles. The highest BCUT2D eigenvalue weighted by atomic mass is 19.1. The van der Waals surface area contributed by atoms with Gasteiger partial charge in [-0.15, -0.1) is 0 Å². The molecule has 5 heterocycles. The van der Waals surface area contributed by atoms with Crippen molar-refractivity contribution in [1.82, 2.24) is 35.1 Å². The van der Waals surface area contributed by atoms with Gasteiger partial charge in [0, 0.05) is 35.5 Å². The van der Waals surface area contributed by atoms with Gasteiger partial charge in [0.05, 0.1) is 40.7 Å². The smallest absolute Gasteiger partial charge is 0.224 e. The lowest BCUT2D eigenvalue weighted by molar-refractivity contribution is -0.116. The number of aromatic nitrogens is 7. The first-order valence-electron chi connectivity index (χ1n) is 12.4. The van der Waals surface area contributed by atoms with Gasteiger partial charge >= 0.3 is 0 Å². The van der Waals surface area contributed by atoms with Crippen LogP contribution in [0, 0.1) is 11.6 Å². The van der Waals surface area contributed by atoms with E-state index in [2.05, 4.69) is 40.4 Å². The molecule has 0 bridgehead atoms. The maximum atomic E-state index is 16.0. The molecule has 0 fully saturated rings. The van der Waals surface area contributed by atoms with Crippen molar-refractivity contribution in [2.24, 2.45) is 0 Å². The van der Waals surface area contributed by atoms with Gasteiger partial charge in [-0.05, 0) is 18.6 Å². The summed E-state index contributed by atoms with van der Waals surface area (Å²) < 4.78 is 30.5. The number of carbonyl (C=O) groups excluding carboxylic acids is 1. The molecule has 0 aliphatic heterocycles. The van der Waals surface area contributed by atoms with Crippen molar-refractivity contribution in [3.63, 3.8) is 0 Å². The number of rotatable bonds is 7. The Morgan fingerprint density at radius 2 is 1.82 bits per heavy atom. The molecule has 11 heteroatoms. The molecule has 6 aromatic rings. The van der Waals surface area contributed by atoms with Crippen molar-refractivity contribution >= 4 is 33.5 Å². The predicted molar refractivity (Wildman–Crippen MR) is 144 cm³/mol. The van der Waals surface area contributed by atoms with Crippen molar-refractivity contribution in [2.45, 2.75) is 26.2 Å². The number of hydrogen-bond donors (Lipinski definition) is 3. The second-order valence-corrected chi connectivity index (χ2v) is 9.04. The van der Waals surface area contributed by atoms with Crippen LogP contribution in [0.1, 0.15) is 26.2 Å². The van der Waals surface area contributed by atoms with Gasteiger partial charge < -0.3 is 10.3 Å². The van der Waals surface area contributed by atoms with Crippen LogP contribution < -0.4 is 5.32 Å². The van der Waals surface area contributed by atoms with E-state index >= 15 is 4.39 Å². The summed E-state index contributed by atoms with van der Waals surface area (Å²) in [7, 11) is 0. The van der Waals surface area contributed by atoms with Crippen molar-refractivity contribution in [1.29, 1.82) is 0 Å². The molecule has 1 amide bonds. The number of imidazole rings is 1. The van der Waals surface area contributed by atoms with E-state index in [0.29, 0.717) is 45.3 Å². The van der Waals surface area contributed by atoms with Crippen molar-refractivity contribution in [2.75, 3.05) is 5.32 Å². The van der Waals surface area contributed by atoms with Crippen LogP contribution in [0.2, 0.25) is 0 Å². The Bertz CT molecular complexity index is 1840. The number of H-pyrrole nitrogens is 2. The molecule has 0 saturated heterocycles. The number of fused-ring (bicyclic) bond motifs is 2. The van der Waals surface area contributed by atoms with Crippen LogP contribution in [0.5, 0.6) is 0 Å². The number of pyridine rings is 3. The van der Waals surface area contributed by atoms with Gasteiger partial charge in [0.2, 0.25) is 5.91 Å². The van der Waals surface area contributed by atoms with E-state index < -0.39 is 11.6 Å². The molecule has 9 nitrogen and oxygen atoms in total. The quantitative estimate of drug-likeness (QED) is 0.234. The SMILES string of the molecule is CCCCC(=O)Nc1cncc(-c2ncc3[nH]nc(-c4nc5c(-c6ccccc6F)cncc5[nH]4)c3c2F)c1. The minimum Gasteiger partial charge on any atom is -0.335 e. The van der Waals surface area contributed by atoms with Gasteiger partial charge in [0.1, 0.15) is 22.7 Å². The van der Waals surface area contributed by atoms with Gasteiger partial charge in [-0.3, -0.25) is 24.8 Å². The number of aromatic amines is 2.